The summed E-state index contributed by atoms with van der Waals surface area (Å²) in [5.41, 5.74) is 1.44. The Hall–Kier alpha value is -1.83. The van der Waals surface area contributed by atoms with Gasteiger partial charge in [-0.2, -0.15) is 0 Å². The molecule has 0 amide bonds. The number of halogens is 1. The van der Waals surface area contributed by atoms with Crippen LogP contribution in [0.25, 0.3) is 0 Å². The highest BCUT2D eigenvalue weighted by atomic mass is 19.1. The van der Waals surface area contributed by atoms with Gasteiger partial charge in [-0.15, -0.1) is 0 Å². The van der Waals surface area contributed by atoms with Crippen LogP contribution in [0, 0.1) is 0 Å². The maximum absolute atomic E-state index is 13.2. The van der Waals surface area contributed by atoms with E-state index in [0.717, 1.165) is 0 Å². The number of ether oxygens (including phenoxy) is 1. The Bertz CT molecular complexity index is 397. The summed E-state index contributed by atoms with van der Waals surface area (Å²) in [6, 6.07) is 0. The summed E-state index contributed by atoms with van der Waals surface area (Å²) in [6.45, 7) is 20.4. The number of allylic oxidation sites excluding steroid dienone is 7. The normalized spacial score (nSPS) is 10.5. The second-order valence-electron chi connectivity index (χ2n) is 4.03. The van der Waals surface area contributed by atoms with E-state index in [0.29, 0.717) is 22.5 Å². The van der Waals surface area contributed by atoms with Crippen LogP contribution in [-0.2, 0) is 4.74 Å². The lowest BCUT2D eigenvalue weighted by molar-refractivity contribution is 0.309. The molecular weight excluding hydrogens is 239 g/mol. The summed E-state index contributed by atoms with van der Waals surface area (Å²) in [7, 11) is 1.52. The molecule has 0 heterocycles. The first kappa shape index (κ1) is 19.5. The monoisotopic (exact) mass is 264 g/mol. The SMILES string of the molecule is C=C(/C=C\C(=C)C(=C)/C=C(/F)C(=C)C)OC.CCC. The van der Waals surface area contributed by atoms with Crippen molar-refractivity contribution in [2.45, 2.75) is 27.2 Å². The lowest BCUT2D eigenvalue weighted by Crippen LogP contribution is -1.83. The molecule has 0 bridgehead atoms. The minimum absolute atomic E-state index is 0.360. The zero-order chi connectivity index (χ0) is 15.4. The van der Waals surface area contributed by atoms with Gasteiger partial charge in [0.05, 0.1) is 7.11 Å². The largest absolute Gasteiger partial charge is 0.497 e. The Morgan fingerprint density at radius 3 is 1.89 bits per heavy atom. The second-order valence-corrected chi connectivity index (χ2v) is 4.03. The Kier molecular flexibility index (Phi) is 11.6. The van der Waals surface area contributed by atoms with E-state index in [2.05, 4.69) is 40.2 Å². The van der Waals surface area contributed by atoms with Crippen molar-refractivity contribution in [1.29, 1.82) is 0 Å². The van der Waals surface area contributed by atoms with Gasteiger partial charge in [-0.25, -0.2) is 4.39 Å². The van der Waals surface area contributed by atoms with Crippen LogP contribution in [0.3, 0.4) is 0 Å². The topological polar surface area (TPSA) is 9.23 Å². The lowest BCUT2D eigenvalue weighted by Gasteiger charge is -2.01. The van der Waals surface area contributed by atoms with Crippen molar-refractivity contribution >= 4 is 0 Å². The number of rotatable bonds is 6. The fourth-order valence-corrected chi connectivity index (χ4v) is 0.737. The van der Waals surface area contributed by atoms with Gasteiger partial charge in [-0.05, 0) is 35.8 Å². The van der Waals surface area contributed by atoms with E-state index < -0.39 is 5.83 Å². The molecule has 106 valence electrons. The average molecular weight is 264 g/mol. The fourth-order valence-electron chi connectivity index (χ4n) is 0.737. The van der Waals surface area contributed by atoms with Crippen molar-refractivity contribution in [3.05, 3.63) is 72.8 Å². The number of methoxy groups -OCH3 is 1. The molecule has 0 radical (unpaired) electrons. The maximum atomic E-state index is 13.2. The predicted octanol–water partition coefficient (Wildman–Crippen LogP) is 5.66. The molecule has 0 saturated heterocycles. The van der Waals surface area contributed by atoms with E-state index in [9.17, 15) is 4.39 Å². The van der Waals surface area contributed by atoms with Gasteiger partial charge in [0.1, 0.15) is 11.6 Å². The fraction of sp³-hybridized carbons (Fsp3) is 0.294. The minimum Gasteiger partial charge on any atom is -0.497 e. The van der Waals surface area contributed by atoms with E-state index in [1.807, 2.05) is 0 Å². The Morgan fingerprint density at radius 2 is 1.53 bits per heavy atom. The Balaban J connectivity index is 0. The zero-order valence-corrected chi connectivity index (χ0v) is 12.6. The molecule has 19 heavy (non-hydrogen) atoms. The van der Waals surface area contributed by atoms with Crippen LogP contribution >= 0.6 is 0 Å². The van der Waals surface area contributed by atoms with E-state index in [-0.39, 0.29) is 0 Å². The third-order valence-electron chi connectivity index (χ3n) is 1.85. The predicted molar refractivity (Wildman–Crippen MR) is 83.5 cm³/mol. The minimum atomic E-state index is -0.398. The molecule has 0 spiro atoms. The first-order valence-corrected chi connectivity index (χ1v) is 6.12. The number of hydrogen-bond acceptors (Lipinski definition) is 1. The van der Waals surface area contributed by atoms with Gasteiger partial charge in [-0.1, -0.05) is 52.7 Å². The van der Waals surface area contributed by atoms with Gasteiger partial charge in [-0.3, -0.25) is 0 Å². The summed E-state index contributed by atoms with van der Waals surface area (Å²) in [5, 5.41) is 0. The van der Waals surface area contributed by atoms with Gasteiger partial charge >= 0.3 is 0 Å². The van der Waals surface area contributed by atoms with Crippen LogP contribution in [0.2, 0.25) is 0 Å². The van der Waals surface area contributed by atoms with Crippen LogP contribution in [-0.4, -0.2) is 7.11 Å². The van der Waals surface area contributed by atoms with Crippen LogP contribution in [0.5, 0.6) is 0 Å². The zero-order valence-electron chi connectivity index (χ0n) is 12.6. The van der Waals surface area contributed by atoms with Crippen LogP contribution in [0.15, 0.2) is 72.8 Å². The molecule has 0 aromatic rings. The van der Waals surface area contributed by atoms with Crippen LogP contribution in [0.1, 0.15) is 27.2 Å². The van der Waals surface area contributed by atoms with E-state index in [1.165, 1.54) is 19.6 Å². The third kappa shape index (κ3) is 11.0. The van der Waals surface area contributed by atoms with Crippen molar-refractivity contribution in [2.75, 3.05) is 7.11 Å². The van der Waals surface area contributed by atoms with Gasteiger partial charge < -0.3 is 4.74 Å². The van der Waals surface area contributed by atoms with E-state index >= 15 is 0 Å². The summed E-state index contributed by atoms with van der Waals surface area (Å²) in [4.78, 5) is 0. The molecule has 0 fully saturated rings. The lowest BCUT2D eigenvalue weighted by atomic mass is 10.1. The summed E-state index contributed by atoms with van der Waals surface area (Å²) >= 11 is 0. The van der Waals surface area contributed by atoms with Crippen molar-refractivity contribution in [3.63, 3.8) is 0 Å². The van der Waals surface area contributed by atoms with Gasteiger partial charge in [0.2, 0.25) is 0 Å². The Labute approximate surface area is 117 Å². The molecule has 0 aromatic carbocycles. The molecule has 0 atom stereocenters. The van der Waals surface area contributed by atoms with Crippen molar-refractivity contribution in [1.82, 2.24) is 0 Å². The summed E-state index contributed by atoms with van der Waals surface area (Å²) < 4.78 is 18.0. The van der Waals surface area contributed by atoms with Crippen LogP contribution in [0.4, 0.5) is 4.39 Å². The first-order chi connectivity index (χ1) is 8.79. The summed E-state index contributed by atoms with van der Waals surface area (Å²) in [5.74, 6) is 0.100. The standard InChI is InChI=1S/C14H17FO.C3H8/c1-10(2)14(15)9-12(4)11(3)7-8-13(5)16-6;1-3-2/h7-9H,1,3-5H2,2,6H3;3H2,1-2H3/b8-7-,14-9+;. The average Bonchev–Trinajstić information content (AvgIpc) is 2.35. The third-order valence-corrected chi connectivity index (χ3v) is 1.85. The maximum Gasteiger partial charge on any atom is 0.126 e. The molecule has 0 aliphatic rings. The quantitative estimate of drug-likeness (QED) is 0.444. The van der Waals surface area contributed by atoms with Crippen molar-refractivity contribution in [3.8, 4) is 0 Å². The Morgan fingerprint density at radius 1 is 1.05 bits per heavy atom. The molecular formula is C17H25FO. The van der Waals surface area contributed by atoms with Crippen LogP contribution < -0.4 is 0 Å². The molecule has 0 aromatic heterocycles. The molecule has 2 heteroatoms. The van der Waals surface area contributed by atoms with Gasteiger partial charge in [0, 0.05) is 0 Å². The van der Waals surface area contributed by atoms with Crippen molar-refractivity contribution < 1.29 is 9.13 Å². The first-order valence-electron chi connectivity index (χ1n) is 6.12. The molecule has 1 nitrogen and oxygen atoms in total. The molecule has 0 N–H and O–H groups in total. The van der Waals surface area contributed by atoms with E-state index in [4.69, 9.17) is 4.74 Å². The smallest absolute Gasteiger partial charge is 0.126 e. The molecule has 0 saturated carbocycles. The second kappa shape index (κ2) is 11.3. The van der Waals surface area contributed by atoms with E-state index in [1.54, 1.807) is 19.1 Å². The van der Waals surface area contributed by atoms with Crippen molar-refractivity contribution in [2.24, 2.45) is 0 Å². The highest BCUT2D eigenvalue weighted by molar-refractivity contribution is 5.46. The molecule has 0 unspecified atom stereocenters. The number of hydrogen-bond donors (Lipinski definition) is 0. The van der Waals surface area contributed by atoms with Gasteiger partial charge in [0.15, 0.2) is 0 Å². The van der Waals surface area contributed by atoms with Gasteiger partial charge in [0.25, 0.3) is 0 Å². The molecule has 0 aliphatic carbocycles. The molecule has 0 aliphatic heterocycles. The highest BCUT2D eigenvalue weighted by Crippen LogP contribution is 2.16. The summed E-state index contributed by atoms with van der Waals surface area (Å²) in [6.07, 6.45) is 5.85. The highest BCUT2D eigenvalue weighted by Gasteiger charge is 1.98. The molecule has 0 rings (SSSR count).